The zero-order valence-corrected chi connectivity index (χ0v) is 16.1. The summed E-state index contributed by atoms with van der Waals surface area (Å²) < 4.78 is 25.7. The molecule has 5 nitrogen and oxygen atoms in total. The van der Waals surface area contributed by atoms with Crippen molar-refractivity contribution >= 4 is 32.4 Å². The molecule has 0 aliphatic rings. The minimum Gasteiger partial charge on any atom is -0.350 e. The third-order valence-electron chi connectivity index (χ3n) is 4.43. The first-order valence-electron chi connectivity index (χ1n) is 8.67. The SMILES string of the molecule is C[C@H](C(=O)NCc1cccc2ccccc12)N(c1ccccc1)S(C)(=O)=O. The van der Waals surface area contributed by atoms with E-state index >= 15 is 0 Å². The monoisotopic (exact) mass is 382 g/mol. The molecule has 3 aromatic rings. The Morgan fingerprint density at radius 1 is 0.963 bits per heavy atom. The molecule has 0 saturated carbocycles. The molecule has 3 aromatic carbocycles. The highest BCUT2D eigenvalue weighted by atomic mass is 32.2. The number of nitrogens with zero attached hydrogens (tertiary/aromatic N) is 1. The van der Waals surface area contributed by atoms with Crippen LogP contribution in [0.3, 0.4) is 0 Å². The Morgan fingerprint density at radius 2 is 1.59 bits per heavy atom. The van der Waals surface area contributed by atoms with E-state index in [0.717, 1.165) is 26.9 Å². The fourth-order valence-electron chi connectivity index (χ4n) is 3.16. The van der Waals surface area contributed by atoms with Gasteiger partial charge in [0, 0.05) is 6.54 Å². The molecular weight excluding hydrogens is 360 g/mol. The number of rotatable bonds is 6. The van der Waals surface area contributed by atoms with E-state index in [9.17, 15) is 13.2 Å². The molecule has 0 aromatic heterocycles. The van der Waals surface area contributed by atoms with Gasteiger partial charge in [-0.15, -0.1) is 0 Å². The van der Waals surface area contributed by atoms with Crippen molar-refractivity contribution in [2.24, 2.45) is 0 Å². The number of carbonyl (C=O) groups is 1. The maximum Gasteiger partial charge on any atom is 0.243 e. The van der Waals surface area contributed by atoms with Crippen LogP contribution in [0.15, 0.2) is 72.8 Å². The Bertz CT molecular complexity index is 1040. The topological polar surface area (TPSA) is 66.5 Å². The Labute approximate surface area is 159 Å². The Balaban J connectivity index is 1.80. The minimum absolute atomic E-state index is 0.330. The van der Waals surface area contributed by atoms with Crippen molar-refractivity contribution in [3.8, 4) is 0 Å². The van der Waals surface area contributed by atoms with E-state index in [1.54, 1.807) is 37.3 Å². The summed E-state index contributed by atoms with van der Waals surface area (Å²) in [6.45, 7) is 1.92. The zero-order valence-electron chi connectivity index (χ0n) is 15.3. The second kappa shape index (κ2) is 7.80. The molecule has 6 heteroatoms. The van der Waals surface area contributed by atoms with E-state index in [4.69, 9.17) is 0 Å². The van der Waals surface area contributed by atoms with Gasteiger partial charge in [-0.2, -0.15) is 0 Å². The Morgan fingerprint density at radius 3 is 2.30 bits per heavy atom. The summed E-state index contributed by atoms with van der Waals surface area (Å²) in [6, 6.07) is 21.6. The van der Waals surface area contributed by atoms with Gasteiger partial charge < -0.3 is 5.32 Å². The predicted molar refractivity (Wildman–Crippen MR) is 109 cm³/mol. The van der Waals surface area contributed by atoms with Crippen molar-refractivity contribution < 1.29 is 13.2 Å². The van der Waals surface area contributed by atoms with Gasteiger partial charge in [-0.25, -0.2) is 8.42 Å². The lowest BCUT2D eigenvalue weighted by molar-refractivity contribution is -0.122. The first-order valence-corrected chi connectivity index (χ1v) is 10.5. The molecule has 1 N–H and O–H groups in total. The van der Waals surface area contributed by atoms with Gasteiger partial charge in [-0.3, -0.25) is 9.10 Å². The fourth-order valence-corrected chi connectivity index (χ4v) is 4.34. The number of para-hydroxylation sites is 1. The van der Waals surface area contributed by atoms with Gasteiger partial charge in [0.05, 0.1) is 11.9 Å². The van der Waals surface area contributed by atoms with Crippen LogP contribution in [0.4, 0.5) is 5.69 Å². The highest BCUT2D eigenvalue weighted by Crippen LogP contribution is 2.21. The Hall–Kier alpha value is -2.86. The average Bonchev–Trinajstić information content (AvgIpc) is 2.66. The van der Waals surface area contributed by atoms with Crippen molar-refractivity contribution in [2.45, 2.75) is 19.5 Å². The van der Waals surface area contributed by atoms with Gasteiger partial charge in [0.25, 0.3) is 0 Å². The number of carbonyl (C=O) groups excluding carboxylic acids is 1. The molecule has 1 atom stereocenters. The smallest absolute Gasteiger partial charge is 0.243 e. The molecule has 3 rings (SSSR count). The van der Waals surface area contributed by atoms with Gasteiger partial charge in [0.1, 0.15) is 6.04 Å². The van der Waals surface area contributed by atoms with Crippen LogP contribution in [0, 0.1) is 0 Å². The van der Waals surface area contributed by atoms with E-state index in [-0.39, 0.29) is 5.91 Å². The summed E-state index contributed by atoms with van der Waals surface area (Å²) in [6.07, 6.45) is 1.11. The largest absolute Gasteiger partial charge is 0.350 e. The van der Waals surface area contributed by atoms with E-state index < -0.39 is 16.1 Å². The standard InChI is InChI=1S/C21H22N2O3S/c1-16(23(27(2,25)26)19-12-4-3-5-13-19)21(24)22-15-18-11-8-10-17-9-6-7-14-20(17)18/h3-14,16H,15H2,1-2H3,(H,22,24)/t16-/m1/s1. The van der Waals surface area contributed by atoms with Crippen LogP contribution >= 0.6 is 0 Å². The second-order valence-corrected chi connectivity index (χ2v) is 8.29. The summed E-state index contributed by atoms with van der Waals surface area (Å²) in [7, 11) is -3.61. The van der Waals surface area contributed by atoms with Crippen LogP contribution in [-0.2, 0) is 21.4 Å². The van der Waals surface area contributed by atoms with Crippen LogP contribution in [0.1, 0.15) is 12.5 Å². The van der Waals surface area contributed by atoms with Crippen LogP contribution in [-0.4, -0.2) is 26.6 Å². The van der Waals surface area contributed by atoms with Crippen LogP contribution in [0.2, 0.25) is 0 Å². The summed E-state index contributed by atoms with van der Waals surface area (Å²) in [5.41, 5.74) is 1.45. The van der Waals surface area contributed by atoms with Gasteiger partial charge in [-0.1, -0.05) is 60.7 Å². The third-order valence-corrected chi connectivity index (χ3v) is 5.67. The summed E-state index contributed by atoms with van der Waals surface area (Å²) in [4.78, 5) is 12.7. The number of benzene rings is 3. The van der Waals surface area contributed by atoms with Crippen molar-refractivity contribution in [1.82, 2.24) is 5.32 Å². The van der Waals surface area contributed by atoms with E-state index in [1.165, 1.54) is 0 Å². The number of nitrogens with one attached hydrogen (secondary N) is 1. The lowest BCUT2D eigenvalue weighted by Crippen LogP contribution is -2.47. The normalized spacial score (nSPS) is 12.5. The lowest BCUT2D eigenvalue weighted by atomic mass is 10.0. The summed E-state index contributed by atoms with van der Waals surface area (Å²) in [5, 5.41) is 5.03. The predicted octanol–water partition coefficient (Wildman–Crippen LogP) is 3.31. The number of hydrogen-bond donors (Lipinski definition) is 1. The molecule has 1 amide bonds. The average molecular weight is 382 g/mol. The second-order valence-electron chi connectivity index (χ2n) is 6.43. The van der Waals surface area contributed by atoms with Crippen LogP contribution < -0.4 is 9.62 Å². The van der Waals surface area contributed by atoms with E-state index in [0.29, 0.717) is 12.2 Å². The first-order chi connectivity index (χ1) is 12.9. The van der Waals surface area contributed by atoms with Gasteiger partial charge in [0.15, 0.2) is 0 Å². The quantitative estimate of drug-likeness (QED) is 0.711. The number of anilines is 1. The molecule has 140 valence electrons. The fraction of sp³-hybridized carbons (Fsp3) is 0.190. The molecule has 0 aliphatic heterocycles. The lowest BCUT2D eigenvalue weighted by Gasteiger charge is -2.28. The molecule has 0 fully saturated rings. The van der Waals surface area contributed by atoms with Crippen molar-refractivity contribution in [1.29, 1.82) is 0 Å². The Kier molecular flexibility index (Phi) is 5.46. The molecule has 0 saturated heterocycles. The van der Waals surface area contributed by atoms with Crippen molar-refractivity contribution in [3.63, 3.8) is 0 Å². The third kappa shape index (κ3) is 4.28. The van der Waals surface area contributed by atoms with E-state index in [2.05, 4.69) is 5.32 Å². The van der Waals surface area contributed by atoms with Crippen LogP contribution in [0.5, 0.6) is 0 Å². The molecule has 0 aliphatic carbocycles. The van der Waals surface area contributed by atoms with E-state index in [1.807, 2.05) is 42.5 Å². The number of amides is 1. The van der Waals surface area contributed by atoms with Gasteiger partial charge in [-0.05, 0) is 35.4 Å². The number of fused-ring (bicyclic) bond motifs is 1. The molecule has 0 bridgehead atoms. The van der Waals surface area contributed by atoms with Crippen molar-refractivity contribution in [3.05, 3.63) is 78.4 Å². The maximum atomic E-state index is 12.7. The van der Waals surface area contributed by atoms with Crippen LogP contribution in [0.25, 0.3) is 10.8 Å². The van der Waals surface area contributed by atoms with Crippen molar-refractivity contribution in [2.75, 3.05) is 10.6 Å². The number of hydrogen-bond acceptors (Lipinski definition) is 3. The van der Waals surface area contributed by atoms with Gasteiger partial charge >= 0.3 is 0 Å². The van der Waals surface area contributed by atoms with Gasteiger partial charge in [0.2, 0.25) is 15.9 Å². The molecule has 0 heterocycles. The highest BCUT2D eigenvalue weighted by molar-refractivity contribution is 7.92. The summed E-state index contributed by atoms with van der Waals surface area (Å²) in [5.74, 6) is -0.350. The minimum atomic E-state index is -3.61. The first kappa shape index (κ1) is 18.9. The maximum absolute atomic E-state index is 12.7. The molecule has 0 spiro atoms. The molecule has 27 heavy (non-hydrogen) atoms. The highest BCUT2D eigenvalue weighted by Gasteiger charge is 2.28. The molecule has 0 unspecified atom stereocenters. The zero-order chi connectivity index (χ0) is 19.4. The molecule has 0 radical (unpaired) electrons. The summed E-state index contributed by atoms with van der Waals surface area (Å²) >= 11 is 0. The number of sulfonamides is 1. The molecular formula is C21H22N2O3S.